The summed E-state index contributed by atoms with van der Waals surface area (Å²) in [5, 5.41) is 6.84. The topological polar surface area (TPSA) is 24.9 Å². The summed E-state index contributed by atoms with van der Waals surface area (Å²) in [4.78, 5) is 4.66. The van der Waals surface area contributed by atoms with Crippen molar-refractivity contribution in [3.63, 3.8) is 0 Å². The van der Waals surface area contributed by atoms with Gasteiger partial charge < -0.3 is 5.32 Å². The molecule has 2 aromatic rings. The van der Waals surface area contributed by atoms with Crippen LogP contribution in [-0.4, -0.2) is 11.5 Å². The maximum atomic E-state index is 14.2. The van der Waals surface area contributed by atoms with E-state index in [1.807, 2.05) is 5.38 Å². The Labute approximate surface area is 134 Å². The van der Waals surface area contributed by atoms with Crippen LogP contribution in [-0.2, 0) is 0 Å². The van der Waals surface area contributed by atoms with Crippen LogP contribution in [0.5, 0.6) is 0 Å². The second-order valence-electron chi connectivity index (χ2n) is 5.32. The molecule has 0 amide bonds. The van der Waals surface area contributed by atoms with E-state index in [4.69, 9.17) is 11.6 Å². The predicted octanol–water partition coefficient (Wildman–Crippen LogP) is 5.15. The fourth-order valence-electron chi connectivity index (χ4n) is 2.05. The number of hydrogen-bond acceptors (Lipinski definition) is 3. The normalized spacial score (nSPS) is 12.9. The Bertz CT molecular complexity index is 598. The Kier molecular flexibility index (Phi) is 5.73. The monoisotopic (exact) mass is 326 g/mol. The smallest absolute Gasteiger partial charge is 0.128 e. The third-order valence-corrected chi connectivity index (χ3v) is 4.41. The van der Waals surface area contributed by atoms with Crippen LogP contribution in [0.2, 0.25) is 5.02 Å². The van der Waals surface area contributed by atoms with Gasteiger partial charge in [-0.3, -0.25) is 0 Å². The molecule has 2 nitrogen and oxygen atoms in total. The van der Waals surface area contributed by atoms with Crippen LogP contribution in [0.25, 0.3) is 0 Å². The molecule has 1 N–H and O–H groups in total. The van der Waals surface area contributed by atoms with Crippen molar-refractivity contribution < 1.29 is 4.39 Å². The van der Waals surface area contributed by atoms with Gasteiger partial charge in [0.2, 0.25) is 0 Å². The number of nitrogens with one attached hydrogen (secondary N) is 1. The van der Waals surface area contributed by atoms with Crippen molar-refractivity contribution >= 4 is 22.9 Å². The highest BCUT2D eigenvalue weighted by Gasteiger charge is 2.21. The largest absolute Gasteiger partial charge is 0.304 e. The summed E-state index contributed by atoms with van der Waals surface area (Å²) in [6.07, 6.45) is 0.973. The summed E-state index contributed by atoms with van der Waals surface area (Å²) >= 11 is 7.59. The molecule has 0 spiro atoms. The van der Waals surface area contributed by atoms with Gasteiger partial charge in [0.1, 0.15) is 10.8 Å². The Morgan fingerprint density at radius 3 is 2.76 bits per heavy atom. The number of rotatable bonds is 6. The first-order valence-corrected chi connectivity index (χ1v) is 8.42. The van der Waals surface area contributed by atoms with Gasteiger partial charge in [-0.15, -0.1) is 11.3 Å². The van der Waals surface area contributed by atoms with Crippen molar-refractivity contribution in [2.24, 2.45) is 0 Å². The number of halogens is 2. The van der Waals surface area contributed by atoms with E-state index in [1.165, 1.54) is 6.07 Å². The summed E-state index contributed by atoms with van der Waals surface area (Å²) in [7, 11) is 0. The SMILES string of the molecule is CCCNC(c1nc(C(C)C)cs1)c1cc(Cl)ccc1F. The van der Waals surface area contributed by atoms with E-state index in [1.54, 1.807) is 23.5 Å². The van der Waals surface area contributed by atoms with Crippen LogP contribution in [0.4, 0.5) is 4.39 Å². The van der Waals surface area contributed by atoms with E-state index in [-0.39, 0.29) is 11.9 Å². The van der Waals surface area contributed by atoms with Crippen LogP contribution in [0.15, 0.2) is 23.6 Å². The Morgan fingerprint density at radius 2 is 2.14 bits per heavy atom. The lowest BCUT2D eigenvalue weighted by molar-refractivity contribution is 0.544. The Hall–Kier alpha value is -0.970. The maximum absolute atomic E-state index is 14.2. The molecule has 0 aliphatic heterocycles. The van der Waals surface area contributed by atoms with Crippen molar-refractivity contribution in [1.82, 2.24) is 10.3 Å². The summed E-state index contributed by atoms with van der Waals surface area (Å²) in [6.45, 7) is 7.09. The molecule has 0 fully saturated rings. The number of nitrogens with zero attached hydrogens (tertiary/aromatic N) is 1. The molecule has 1 aromatic heterocycles. The summed E-state index contributed by atoms with van der Waals surface area (Å²) < 4.78 is 14.2. The Balaban J connectivity index is 2.39. The van der Waals surface area contributed by atoms with Gasteiger partial charge >= 0.3 is 0 Å². The van der Waals surface area contributed by atoms with Gasteiger partial charge in [-0.1, -0.05) is 32.4 Å². The molecule has 21 heavy (non-hydrogen) atoms. The lowest BCUT2D eigenvalue weighted by Crippen LogP contribution is -2.24. The first-order valence-electron chi connectivity index (χ1n) is 7.16. The minimum Gasteiger partial charge on any atom is -0.304 e. The molecule has 0 saturated heterocycles. The van der Waals surface area contributed by atoms with Gasteiger partial charge in [0.05, 0.1) is 11.7 Å². The first-order chi connectivity index (χ1) is 10.0. The molecule has 1 atom stereocenters. The quantitative estimate of drug-likeness (QED) is 0.794. The van der Waals surface area contributed by atoms with E-state index < -0.39 is 0 Å². The van der Waals surface area contributed by atoms with E-state index in [0.717, 1.165) is 23.7 Å². The average molecular weight is 327 g/mol. The van der Waals surface area contributed by atoms with E-state index in [2.05, 4.69) is 31.1 Å². The predicted molar refractivity (Wildman–Crippen MR) is 87.7 cm³/mol. The van der Waals surface area contributed by atoms with Gasteiger partial charge in [0.15, 0.2) is 0 Å². The van der Waals surface area contributed by atoms with Crippen molar-refractivity contribution in [1.29, 1.82) is 0 Å². The molecule has 0 bridgehead atoms. The zero-order chi connectivity index (χ0) is 15.4. The molecule has 2 rings (SSSR count). The van der Waals surface area contributed by atoms with Crippen LogP contribution in [0.1, 0.15) is 55.4 Å². The molecule has 114 valence electrons. The van der Waals surface area contributed by atoms with Crippen LogP contribution in [0, 0.1) is 5.82 Å². The summed E-state index contributed by atoms with van der Waals surface area (Å²) in [5.41, 5.74) is 1.60. The first kappa shape index (κ1) is 16.4. The highest BCUT2D eigenvalue weighted by molar-refractivity contribution is 7.09. The number of hydrogen-bond donors (Lipinski definition) is 1. The molecule has 1 heterocycles. The second kappa shape index (κ2) is 7.34. The second-order valence-corrected chi connectivity index (χ2v) is 6.64. The molecular formula is C16H20ClFN2S. The zero-order valence-electron chi connectivity index (χ0n) is 12.5. The highest BCUT2D eigenvalue weighted by Crippen LogP contribution is 2.30. The average Bonchev–Trinajstić information content (AvgIpc) is 2.93. The van der Waals surface area contributed by atoms with Crippen molar-refractivity contribution in [3.05, 3.63) is 50.7 Å². The lowest BCUT2D eigenvalue weighted by atomic mass is 10.1. The number of thiazole rings is 1. The fourth-order valence-corrected chi connectivity index (χ4v) is 3.30. The third-order valence-electron chi connectivity index (χ3n) is 3.25. The molecule has 0 aliphatic rings. The third kappa shape index (κ3) is 4.02. The zero-order valence-corrected chi connectivity index (χ0v) is 14.1. The van der Waals surface area contributed by atoms with Gasteiger partial charge in [0.25, 0.3) is 0 Å². The molecule has 1 unspecified atom stereocenters. The van der Waals surface area contributed by atoms with Crippen molar-refractivity contribution in [3.8, 4) is 0 Å². The minimum atomic E-state index is -0.255. The standard InChI is InChI=1S/C16H20ClFN2S/c1-4-7-19-15(12-8-11(17)5-6-13(12)18)16-20-14(9-21-16)10(2)3/h5-6,8-10,15,19H,4,7H2,1-3H3. The van der Waals surface area contributed by atoms with Crippen LogP contribution in [0.3, 0.4) is 0 Å². The summed E-state index contributed by atoms with van der Waals surface area (Å²) in [5.74, 6) is 0.111. The number of aromatic nitrogens is 1. The van der Waals surface area contributed by atoms with Gasteiger partial charge in [0, 0.05) is 16.0 Å². The Morgan fingerprint density at radius 1 is 1.38 bits per heavy atom. The van der Waals surface area contributed by atoms with Crippen LogP contribution >= 0.6 is 22.9 Å². The van der Waals surface area contributed by atoms with E-state index in [9.17, 15) is 4.39 Å². The van der Waals surface area contributed by atoms with E-state index >= 15 is 0 Å². The van der Waals surface area contributed by atoms with Gasteiger partial charge in [-0.25, -0.2) is 9.37 Å². The molecule has 0 saturated carbocycles. The highest BCUT2D eigenvalue weighted by atomic mass is 35.5. The van der Waals surface area contributed by atoms with Crippen LogP contribution < -0.4 is 5.32 Å². The lowest BCUT2D eigenvalue weighted by Gasteiger charge is -2.17. The van der Waals surface area contributed by atoms with Gasteiger partial charge in [-0.05, 0) is 37.1 Å². The molecule has 1 aromatic carbocycles. The molecule has 0 radical (unpaired) electrons. The summed E-state index contributed by atoms with van der Waals surface area (Å²) in [6, 6.07) is 4.41. The van der Waals surface area contributed by atoms with E-state index in [0.29, 0.717) is 16.5 Å². The van der Waals surface area contributed by atoms with Crippen molar-refractivity contribution in [2.75, 3.05) is 6.54 Å². The minimum absolute atomic E-state index is 0.249. The fraction of sp³-hybridized carbons (Fsp3) is 0.438. The van der Waals surface area contributed by atoms with Gasteiger partial charge in [-0.2, -0.15) is 0 Å². The number of benzene rings is 1. The molecular weight excluding hydrogens is 307 g/mol. The maximum Gasteiger partial charge on any atom is 0.128 e. The molecule has 0 aliphatic carbocycles. The van der Waals surface area contributed by atoms with Crippen molar-refractivity contribution in [2.45, 2.75) is 39.2 Å². The molecule has 5 heteroatoms.